The number of carbonyl (C=O) groups is 3. The van der Waals surface area contributed by atoms with Crippen molar-refractivity contribution in [1.82, 2.24) is 5.32 Å². The molecule has 0 saturated carbocycles. The second-order valence-corrected chi connectivity index (χ2v) is 7.86. The van der Waals surface area contributed by atoms with Crippen LogP contribution in [0.15, 0.2) is 36.4 Å². The van der Waals surface area contributed by atoms with Gasteiger partial charge in [0, 0.05) is 12.0 Å². The van der Waals surface area contributed by atoms with Gasteiger partial charge in [0.05, 0.1) is 14.2 Å². The quantitative estimate of drug-likeness (QED) is 0.562. The minimum Gasteiger partial charge on any atom is -0.497 e. The molecule has 2 aromatic carbocycles. The van der Waals surface area contributed by atoms with E-state index in [1.54, 1.807) is 27.9 Å². The number of benzene rings is 2. The van der Waals surface area contributed by atoms with E-state index in [-0.39, 0.29) is 18.6 Å². The number of carbonyl (C=O) groups excluding carboxylic acids is 3. The van der Waals surface area contributed by atoms with Crippen molar-refractivity contribution in [1.29, 1.82) is 0 Å². The van der Waals surface area contributed by atoms with Crippen LogP contribution in [-0.4, -0.2) is 43.7 Å². The molecular formula is C24H27NO6. The van der Waals surface area contributed by atoms with Gasteiger partial charge in [-0.15, -0.1) is 0 Å². The predicted octanol–water partition coefficient (Wildman–Crippen LogP) is 3.62. The van der Waals surface area contributed by atoms with Crippen molar-refractivity contribution in [2.75, 3.05) is 14.2 Å². The van der Waals surface area contributed by atoms with Gasteiger partial charge in [-0.25, -0.2) is 9.59 Å². The normalized spacial score (nSPS) is 11.6. The highest BCUT2D eigenvalue weighted by Gasteiger charge is 2.25. The van der Waals surface area contributed by atoms with Crippen molar-refractivity contribution in [2.45, 2.75) is 45.3 Å². The van der Waals surface area contributed by atoms with Gasteiger partial charge in [-0.2, -0.15) is 0 Å². The Morgan fingerprint density at radius 1 is 1.03 bits per heavy atom. The first-order valence-electron chi connectivity index (χ1n) is 9.81. The van der Waals surface area contributed by atoms with Crippen LogP contribution in [-0.2, 0) is 19.1 Å². The van der Waals surface area contributed by atoms with Crippen molar-refractivity contribution in [3.63, 3.8) is 0 Å². The lowest BCUT2D eigenvalue weighted by molar-refractivity contribution is -0.143. The molecule has 0 saturated heterocycles. The van der Waals surface area contributed by atoms with Crippen LogP contribution in [0.4, 0.5) is 4.79 Å². The Balaban J connectivity index is 2.00. The third kappa shape index (κ3) is 7.67. The Labute approximate surface area is 182 Å². The van der Waals surface area contributed by atoms with Crippen molar-refractivity contribution in [3.8, 4) is 17.6 Å². The van der Waals surface area contributed by atoms with E-state index in [2.05, 4.69) is 17.2 Å². The molecular weight excluding hydrogens is 398 g/mol. The molecule has 0 unspecified atom stereocenters. The first kappa shape index (κ1) is 23.7. The Bertz CT molecular complexity index is 1030. The van der Waals surface area contributed by atoms with E-state index in [4.69, 9.17) is 14.2 Å². The summed E-state index contributed by atoms with van der Waals surface area (Å²) in [5.41, 5.74) is -0.0146. The molecule has 0 spiro atoms. The number of amides is 1. The Hall–Kier alpha value is -3.53. The number of nitrogens with one attached hydrogen (secondary N) is 1. The van der Waals surface area contributed by atoms with Crippen molar-refractivity contribution < 1.29 is 28.6 Å². The summed E-state index contributed by atoms with van der Waals surface area (Å²) in [6.45, 7) is 5.13. The van der Waals surface area contributed by atoms with Crippen molar-refractivity contribution in [2.24, 2.45) is 0 Å². The maximum absolute atomic E-state index is 12.2. The lowest BCUT2D eigenvalue weighted by atomic mass is 10.1. The third-order valence-electron chi connectivity index (χ3n) is 4.23. The first-order chi connectivity index (χ1) is 14.6. The van der Waals surface area contributed by atoms with Crippen LogP contribution < -0.4 is 10.1 Å². The number of hydrogen-bond donors (Lipinski definition) is 1. The SMILES string of the molecule is COC(=O)[C@H](CCC(=O)C#Cc1ccc2cc(OC)ccc2c1)NC(=O)OC(C)(C)C. The van der Waals surface area contributed by atoms with Gasteiger partial charge in [-0.1, -0.05) is 18.1 Å². The Kier molecular flexibility index (Phi) is 8.03. The lowest BCUT2D eigenvalue weighted by Gasteiger charge is -2.22. The van der Waals surface area contributed by atoms with E-state index in [1.165, 1.54) is 7.11 Å². The fraction of sp³-hybridized carbons (Fsp3) is 0.375. The van der Waals surface area contributed by atoms with Crippen LogP contribution in [0.25, 0.3) is 10.8 Å². The fourth-order valence-electron chi connectivity index (χ4n) is 2.75. The average molecular weight is 425 g/mol. The molecule has 0 radical (unpaired) electrons. The molecule has 0 heterocycles. The summed E-state index contributed by atoms with van der Waals surface area (Å²) in [5, 5.41) is 4.42. The number of fused-ring (bicyclic) bond motifs is 1. The molecule has 0 bridgehead atoms. The maximum atomic E-state index is 12.2. The van der Waals surface area contributed by atoms with Crippen LogP contribution in [0.3, 0.4) is 0 Å². The zero-order valence-electron chi connectivity index (χ0n) is 18.4. The monoisotopic (exact) mass is 425 g/mol. The van der Waals surface area contributed by atoms with Gasteiger partial charge in [-0.05, 0) is 68.2 Å². The highest BCUT2D eigenvalue weighted by atomic mass is 16.6. The van der Waals surface area contributed by atoms with Gasteiger partial charge in [0.1, 0.15) is 17.4 Å². The average Bonchev–Trinajstić information content (AvgIpc) is 2.72. The second-order valence-electron chi connectivity index (χ2n) is 7.86. The van der Waals surface area contributed by atoms with Crippen LogP contribution >= 0.6 is 0 Å². The molecule has 1 amide bonds. The number of methoxy groups -OCH3 is 2. The number of esters is 1. The van der Waals surface area contributed by atoms with Crippen LogP contribution in [0.5, 0.6) is 5.75 Å². The fourth-order valence-corrected chi connectivity index (χ4v) is 2.75. The molecule has 0 aliphatic heterocycles. The summed E-state index contributed by atoms with van der Waals surface area (Å²) in [4.78, 5) is 36.1. The molecule has 164 valence electrons. The molecule has 2 aromatic rings. The number of hydrogen-bond acceptors (Lipinski definition) is 6. The van der Waals surface area contributed by atoms with E-state index >= 15 is 0 Å². The predicted molar refractivity (Wildman–Crippen MR) is 117 cm³/mol. The smallest absolute Gasteiger partial charge is 0.408 e. The molecule has 7 heteroatoms. The summed E-state index contributed by atoms with van der Waals surface area (Å²) in [5.74, 6) is 5.18. The summed E-state index contributed by atoms with van der Waals surface area (Å²) in [6, 6.07) is 10.3. The van der Waals surface area contributed by atoms with E-state index in [9.17, 15) is 14.4 Å². The van der Waals surface area contributed by atoms with E-state index in [0.29, 0.717) is 5.56 Å². The van der Waals surface area contributed by atoms with Crippen molar-refractivity contribution >= 4 is 28.6 Å². The molecule has 0 fully saturated rings. The van der Waals surface area contributed by atoms with Gasteiger partial charge in [0.2, 0.25) is 5.78 Å². The number of Topliss-reactive ketones (excluding diaryl/α,β-unsaturated/α-hetero) is 1. The number of alkyl carbamates (subject to hydrolysis) is 1. The third-order valence-corrected chi connectivity index (χ3v) is 4.23. The van der Waals surface area contributed by atoms with Gasteiger partial charge in [0.15, 0.2) is 0 Å². The molecule has 2 rings (SSSR count). The van der Waals surface area contributed by atoms with Gasteiger partial charge in [0.25, 0.3) is 0 Å². The highest BCUT2D eigenvalue weighted by Crippen LogP contribution is 2.21. The molecule has 0 aliphatic rings. The summed E-state index contributed by atoms with van der Waals surface area (Å²) in [6.07, 6.45) is -0.723. The van der Waals surface area contributed by atoms with E-state index in [0.717, 1.165) is 16.5 Å². The largest absolute Gasteiger partial charge is 0.497 e. The molecule has 31 heavy (non-hydrogen) atoms. The molecule has 1 atom stereocenters. The minimum atomic E-state index is -0.999. The van der Waals surface area contributed by atoms with Gasteiger partial charge >= 0.3 is 12.1 Å². The summed E-state index contributed by atoms with van der Waals surface area (Å²) in [7, 11) is 2.82. The van der Waals surface area contributed by atoms with Crippen LogP contribution in [0.1, 0.15) is 39.2 Å². The molecule has 1 N–H and O–H groups in total. The topological polar surface area (TPSA) is 90.9 Å². The Morgan fingerprint density at radius 3 is 2.35 bits per heavy atom. The molecule has 0 aliphatic carbocycles. The van der Waals surface area contributed by atoms with Crippen LogP contribution in [0, 0.1) is 11.8 Å². The standard InChI is InChI=1S/C24H27NO6/c1-24(2,3)31-23(28)25-21(22(27)30-5)13-11-19(26)10-7-16-6-8-18-15-20(29-4)12-9-17(18)14-16/h6,8-9,12,14-15,21H,11,13H2,1-5H3,(H,25,28)/t21-/m0/s1. The molecule has 0 aromatic heterocycles. The lowest BCUT2D eigenvalue weighted by Crippen LogP contribution is -2.44. The number of ketones is 1. The van der Waals surface area contributed by atoms with Gasteiger partial charge < -0.3 is 19.5 Å². The first-order valence-corrected chi connectivity index (χ1v) is 9.81. The second kappa shape index (κ2) is 10.5. The number of rotatable bonds is 6. The van der Waals surface area contributed by atoms with E-state index in [1.807, 2.05) is 36.4 Å². The number of ether oxygens (including phenoxy) is 3. The highest BCUT2D eigenvalue weighted by molar-refractivity contribution is 5.96. The Morgan fingerprint density at radius 2 is 1.71 bits per heavy atom. The van der Waals surface area contributed by atoms with Crippen LogP contribution in [0.2, 0.25) is 0 Å². The summed E-state index contributed by atoms with van der Waals surface area (Å²) < 4.78 is 15.1. The zero-order valence-corrected chi connectivity index (χ0v) is 18.4. The zero-order chi connectivity index (χ0) is 23.0. The minimum absolute atomic E-state index is 0.0205. The summed E-state index contributed by atoms with van der Waals surface area (Å²) >= 11 is 0. The maximum Gasteiger partial charge on any atom is 0.408 e. The van der Waals surface area contributed by atoms with Crippen molar-refractivity contribution in [3.05, 3.63) is 42.0 Å². The molecule has 7 nitrogen and oxygen atoms in total. The van der Waals surface area contributed by atoms with Gasteiger partial charge in [-0.3, -0.25) is 4.79 Å². The van der Waals surface area contributed by atoms with E-state index < -0.39 is 23.7 Å².